The number of anilines is 2. The minimum absolute atomic E-state index is 0.0226. The standard InChI is InChI=1S/C17H17F3N2O2/c1-22(6-7-23)13-4-2-12(3-5-13)21-17(24)9-11-8-15(19)16(20)10-14(11)18/h2-5,8,10,23H,6-7,9H2,1H3,(H,21,24). The maximum atomic E-state index is 13.5. The Morgan fingerprint density at radius 2 is 1.71 bits per heavy atom. The second kappa shape index (κ2) is 7.83. The van der Waals surface area contributed by atoms with E-state index in [1.54, 1.807) is 24.3 Å². The number of halogens is 3. The first-order chi connectivity index (χ1) is 11.4. The van der Waals surface area contributed by atoms with E-state index in [2.05, 4.69) is 5.32 Å². The number of amides is 1. The third-order valence-corrected chi connectivity index (χ3v) is 3.47. The van der Waals surface area contributed by atoms with Crippen molar-refractivity contribution in [1.29, 1.82) is 0 Å². The van der Waals surface area contributed by atoms with Crippen molar-refractivity contribution < 1.29 is 23.1 Å². The lowest BCUT2D eigenvalue weighted by molar-refractivity contribution is -0.115. The van der Waals surface area contributed by atoms with Gasteiger partial charge in [-0.3, -0.25) is 4.79 Å². The maximum Gasteiger partial charge on any atom is 0.228 e. The van der Waals surface area contributed by atoms with Crippen LogP contribution in [0.1, 0.15) is 5.56 Å². The van der Waals surface area contributed by atoms with Crippen molar-refractivity contribution in [2.45, 2.75) is 6.42 Å². The Hall–Kier alpha value is -2.54. The zero-order chi connectivity index (χ0) is 17.7. The molecule has 2 aromatic rings. The van der Waals surface area contributed by atoms with Gasteiger partial charge in [-0.15, -0.1) is 0 Å². The molecular formula is C17H17F3N2O2. The molecule has 2 rings (SSSR count). The highest BCUT2D eigenvalue weighted by Crippen LogP contribution is 2.18. The second-order valence-corrected chi connectivity index (χ2v) is 5.27. The first-order valence-electron chi connectivity index (χ1n) is 7.26. The molecule has 0 aliphatic carbocycles. The maximum absolute atomic E-state index is 13.5. The molecule has 2 N–H and O–H groups in total. The Balaban J connectivity index is 2.01. The third kappa shape index (κ3) is 4.48. The molecule has 0 aromatic heterocycles. The fourth-order valence-electron chi connectivity index (χ4n) is 2.16. The summed E-state index contributed by atoms with van der Waals surface area (Å²) in [5, 5.41) is 11.5. The number of aliphatic hydroxyl groups is 1. The number of benzene rings is 2. The molecule has 0 spiro atoms. The Morgan fingerprint density at radius 1 is 1.08 bits per heavy atom. The molecule has 24 heavy (non-hydrogen) atoms. The minimum Gasteiger partial charge on any atom is -0.395 e. The number of hydrogen-bond donors (Lipinski definition) is 2. The van der Waals surface area contributed by atoms with Crippen LogP contribution >= 0.6 is 0 Å². The number of carbonyl (C=O) groups is 1. The smallest absolute Gasteiger partial charge is 0.228 e. The highest BCUT2D eigenvalue weighted by atomic mass is 19.2. The van der Waals surface area contributed by atoms with Crippen LogP contribution in [0.2, 0.25) is 0 Å². The molecule has 1 amide bonds. The predicted molar refractivity (Wildman–Crippen MR) is 85.4 cm³/mol. The summed E-state index contributed by atoms with van der Waals surface area (Å²) in [6.07, 6.45) is -0.408. The van der Waals surface area contributed by atoms with Gasteiger partial charge in [-0.2, -0.15) is 0 Å². The fraction of sp³-hybridized carbons (Fsp3) is 0.235. The SMILES string of the molecule is CN(CCO)c1ccc(NC(=O)Cc2cc(F)c(F)cc2F)cc1. The monoisotopic (exact) mass is 338 g/mol. The summed E-state index contributed by atoms with van der Waals surface area (Å²) in [6.45, 7) is 0.496. The van der Waals surface area contributed by atoms with E-state index in [0.717, 1.165) is 5.69 Å². The molecule has 0 fully saturated rings. The number of carbonyl (C=O) groups excluding carboxylic acids is 1. The highest BCUT2D eigenvalue weighted by Gasteiger charge is 2.13. The Labute approximate surface area is 137 Å². The van der Waals surface area contributed by atoms with Crippen LogP contribution < -0.4 is 10.2 Å². The van der Waals surface area contributed by atoms with Crippen LogP contribution in [-0.2, 0) is 11.2 Å². The normalized spacial score (nSPS) is 10.5. The third-order valence-electron chi connectivity index (χ3n) is 3.47. The zero-order valence-electron chi connectivity index (χ0n) is 13.0. The number of nitrogens with one attached hydrogen (secondary N) is 1. The van der Waals surface area contributed by atoms with Crippen LogP contribution in [0.25, 0.3) is 0 Å². The molecule has 0 radical (unpaired) electrons. The molecule has 7 heteroatoms. The van der Waals surface area contributed by atoms with E-state index in [-0.39, 0.29) is 12.2 Å². The molecule has 0 unspecified atom stereocenters. The van der Waals surface area contributed by atoms with E-state index < -0.39 is 29.8 Å². The van der Waals surface area contributed by atoms with E-state index in [0.29, 0.717) is 24.4 Å². The van der Waals surface area contributed by atoms with Crippen molar-refractivity contribution in [1.82, 2.24) is 0 Å². The molecule has 0 bridgehead atoms. The first-order valence-corrected chi connectivity index (χ1v) is 7.26. The van der Waals surface area contributed by atoms with Gasteiger partial charge in [0, 0.05) is 36.6 Å². The summed E-state index contributed by atoms with van der Waals surface area (Å²) in [7, 11) is 1.82. The molecule has 0 saturated heterocycles. The first kappa shape index (κ1) is 17.8. The molecule has 0 aliphatic rings. The quantitative estimate of drug-likeness (QED) is 0.797. The van der Waals surface area contributed by atoms with E-state index >= 15 is 0 Å². The van der Waals surface area contributed by atoms with Crippen molar-refractivity contribution in [2.24, 2.45) is 0 Å². The van der Waals surface area contributed by atoms with Crippen LogP contribution in [0, 0.1) is 17.5 Å². The van der Waals surface area contributed by atoms with Crippen molar-refractivity contribution in [3.05, 3.63) is 59.4 Å². The summed E-state index contributed by atoms with van der Waals surface area (Å²) >= 11 is 0. The van der Waals surface area contributed by atoms with Gasteiger partial charge >= 0.3 is 0 Å². The topological polar surface area (TPSA) is 52.6 Å². The zero-order valence-corrected chi connectivity index (χ0v) is 13.0. The molecule has 0 heterocycles. The van der Waals surface area contributed by atoms with Gasteiger partial charge in [0.25, 0.3) is 0 Å². The van der Waals surface area contributed by atoms with Gasteiger partial charge in [0.15, 0.2) is 11.6 Å². The fourth-order valence-corrected chi connectivity index (χ4v) is 2.16. The van der Waals surface area contributed by atoms with Gasteiger partial charge < -0.3 is 15.3 Å². The van der Waals surface area contributed by atoms with Crippen molar-refractivity contribution in [3.8, 4) is 0 Å². The molecule has 4 nitrogen and oxygen atoms in total. The van der Waals surface area contributed by atoms with Crippen molar-refractivity contribution in [3.63, 3.8) is 0 Å². The molecule has 0 atom stereocenters. The van der Waals surface area contributed by atoms with E-state index in [9.17, 15) is 18.0 Å². The number of likely N-dealkylation sites (N-methyl/N-ethyl adjacent to an activating group) is 1. The Morgan fingerprint density at radius 3 is 2.33 bits per heavy atom. The summed E-state index contributed by atoms with van der Waals surface area (Å²) in [5.41, 5.74) is 1.13. The van der Waals surface area contributed by atoms with E-state index in [1.807, 2.05) is 11.9 Å². The van der Waals surface area contributed by atoms with Gasteiger partial charge in [0.2, 0.25) is 5.91 Å². The molecule has 128 valence electrons. The predicted octanol–water partition coefficient (Wildman–Crippen LogP) is 2.71. The van der Waals surface area contributed by atoms with Crippen LogP contribution in [0.4, 0.5) is 24.5 Å². The summed E-state index contributed by atoms with van der Waals surface area (Å²) in [4.78, 5) is 13.7. The van der Waals surface area contributed by atoms with E-state index in [1.165, 1.54) is 0 Å². The van der Waals surface area contributed by atoms with Gasteiger partial charge in [-0.25, -0.2) is 13.2 Å². The van der Waals surface area contributed by atoms with Gasteiger partial charge in [0.05, 0.1) is 13.0 Å². The Bertz CT molecular complexity index is 721. The molecule has 2 aromatic carbocycles. The van der Waals surface area contributed by atoms with Gasteiger partial charge in [-0.05, 0) is 30.3 Å². The summed E-state index contributed by atoms with van der Waals surface area (Å²) in [6, 6.07) is 7.92. The highest BCUT2D eigenvalue weighted by molar-refractivity contribution is 5.92. The van der Waals surface area contributed by atoms with Crippen LogP contribution in [0.3, 0.4) is 0 Å². The van der Waals surface area contributed by atoms with Crippen molar-refractivity contribution in [2.75, 3.05) is 30.4 Å². The van der Waals surface area contributed by atoms with E-state index in [4.69, 9.17) is 5.11 Å². The van der Waals surface area contributed by atoms with Crippen molar-refractivity contribution >= 4 is 17.3 Å². The second-order valence-electron chi connectivity index (χ2n) is 5.27. The lowest BCUT2D eigenvalue weighted by atomic mass is 10.1. The number of rotatable bonds is 6. The average Bonchev–Trinajstić information content (AvgIpc) is 2.53. The summed E-state index contributed by atoms with van der Waals surface area (Å²) in [5.74, 6) is -4.00. The van der Waals surface area contributed by atoms with Crippen LogP contribution in [-0.4, -0.2) is 31.2 Å². The number of hydrogen-bond acceptors (Lipinski definition) is 3. The minimum atomic E-state index is -1.29. The average molecular weight is 338 g/mol. The van der Waals surface area contributed by atoms with Crippen LogP contribution in [0.5, 0.6) is 0 Å². The Kier molecular flexibility index (Phi) is 5.81. The lowest BCUT2D eigenvalue weighted by Gasteiger charge is -2.18. The molecule has 0 aliphatic heterocycles. The van der Waals surface area contributed by atoms with Gasteiger partial charge in [-0.1, -0.05) is 0 Å². The number of aliphatic hydroxyl groups excluding tert-OH is 1. The van der Waals surface area contributed by atoms with Crippen LogP contribution in [0.15, 0.2) is 36.4 Å². The van der Waals surface area contributed by atoms with Gasteiger partial charge in [0.1, 0.15) is 5.82 Å². The molecular weight excluding hydrogens is 321 g/mol. The lowest BCUT2D eigenvalue weighted by Crippen LogP contribution is -2.21. The molecule has 0 saturated carbocycles. The largest absolute Gasteiger partial charge is 0.395 e. The number of nitrogens with zero attached hydrogens (tertiary/aromatic N) is 1. The summed E-state index contributed by atoms with van der Waals surface area (Å²) < 4.78 is 39.5.